The molecule has 1 N–H and O–H groups in total. The molecule has 0 aliphatic heterocycles. The SMILES string of the molecule is CS(=O)(=O)c1ncc(Cl)c(C(=O)Nc2cccnc2)n1. The molecule has 0 aliphatic carbocycles. The number of rotatable bonds is 3. The Morgan fingerprint density at radius 2 is 2.10 bits per heavy atom. The van der Waals surface area contributed by atoms with E-state index in [1.807, 2.05) is 0 Å². The van der Waals surface area contributed by atoms with Crippen LogP contribution < -0.4 is 5.32 Å². The molecule has 2 heterocycles. The van der Waals surface area contributed by atoms with E-state index in [-0.39, 0.29) is 10.7 Å². The number of anilines is 1. The van der Waals surface area contributed by atoms with E-state index in [4.69, 9.17) is 11.6 Å². The van der Waals surface area contributed by atoms with Crippen molar-refractivity contribution in [2.24, 2.45) is 0 Å². The first-order chi connectivity index (χ1) is 9.38. The van der Waals surface area contributed by atoms with E-state index in [1.54, 1.807) is 18.3 Å². The minimum Gasteiger partial charge on any atom is -0.319 e. The van der Waals surface area contributed by atoms with Crippen LogP contribution in [0.4, 0.5) is 5.69 Å². The Morgan fingerprint density at radius 1 is 1.35 bits per heavy atom. The van der Waals surface area contributed by atoms with Gasteiger partial charge in [-0.05, 0) is 12.1 Å². The zero-order valence-electron chi connectivity index (χ0n) is 10.2. The number of hydrogen-bond donors (Lipinski definition) is 1. The van der Waals surface area contributed by atoms with E-state index in [9.17, 15) is 13.2 Å². The Labute approximate surface area is 120 Å². The largest absolute Gasteiger partial charge is 0.319 e. The van der Waals surface area contributed by atoms with Gasteiger partial charge in [0.05, 0.1) is 23.1 Å². The maximum absolute atomic E-state index is 12.0. The van der Waals surface area contributed by atoms with E-state index in [1.165, 1.54) is 6.20 Å². The standard InChI is InChI=1S/C11H9ClN4O3S/c1-20(18,19)11-14-6-8(12)9(16-11)10(17)15-7-3-2-4-13-5-7/h2-6H,1H3,(H,15,17). The van der Waals surface area contributed by atoms with Crippen molar-refractivity contribution < 1.29 is 13.2 Å². The Kier molecular flexibility index (Phi) is 3.96. The van der Waals surface area contributed by atoms with Crippen molar-refractivity contribution in [2.45, 2.75) is 5.16 Å². The lowest BCUT2D eigenvalue weighted by atomic mass is 10.3. The number of carbonyl (C=O) groups excluding carboxylic acids is 1. The molecule has 0 radical (unpaired) electrons. The third kappa shape index (κ3) is 3.28. The molecule has 1 amide bonds. The number of pyridine rings is 1. The predicted octanol–water partition coefficient (Wildman–Crippen LogP) is 1.18. The number of halogens is 1. The van der Waals surface area contributed by atoms with Crippen molar-refractivity contribution >= 4 is 33.0 Å². The molecule has 9 heteroatoms. The van der Waals surface area contributed by atoms with Gasteiger partial charge >= 0.3 is 0 Å². The molecule has 7 nitrogen and oxygen atoms in total. The molecule has 0 spiro atoms. The van der Waals surface area contributed by atoms with E-state index in [0.717, 1.165) is 12.5 Å². The number of amides is 1. The molecular formula is C11H9ClN4O3S. The summed E-state index contributed by atoms with van der Waals surface area (Å²) in [5.74, 6) is -0.643. The molecule has 0 fully saturated rings. The molecule has 104 valence electrons. The summed E-state index contributed by atoms with van der Waals surface area (Å²) in [5.41, 5.74) is 0.221. The van der Waals surface area contributed by atoms with Crippen LogP contribution in [0.15, 0.2) is 35.9 Å². The molecule has 0 saturated heterocycles. The first-order valence-electron chi connectivity index (χ1n) is 5.32. The van der Waals surface area contributed by atoms with E-state index < -0.39 is 20.9 Å². The number of sulfone groups is 1. The van der Waals surface area contributed by atoms with Crippen LogP contribution in [0.1, 0.15) is 10.5 Å². The van der Waals surface area contributed by atoms with Crippen molar-refractivity contribution in [3.63, 3.8) is 0 Å². The van der Waals surface area contributed by atoms with Crippen molar-refractivity contribution in [1.29, 1.82) is 0 Å². The van der Waals surface area contributed by atoms with E-state index in [2.05, 4.69) is 20.3 Å². The minimum atomic E-state index is -3.62. The zero-order valence-corrected chi connectivity index (χ0v) is 11.8. The molecule has 0 unspecified atom stereocenters. The van der Waals surface area contributed by atoms with Gasteiger partial charge < -0.3 is 5.32 Å². The Hall–Kier alpha value is -2.06. The number of nitrogens with zero attached hydrogens (tertiary/aromatic N) is 3. The van der Waals surface area contributed by atoms with Crippen LogP contribution in [0, 0.1) is 0 Å². The van der Waals surface area contributed by atoms with Gasteiger partial charge in [0, 0.05) is 12.5 Å². The van der Waals surface area contributed by atoms with Gasteiger partial charge in [-0.1, -0.05) is 11.6 Å². The van der Waals surface area contributed by atoms with Crippen LogP contribution in [0.2, 0.25) is 5.02 Å². The van der Waals surface area contributed by atoms with Gasteiger partial charge in [-0.3, -0.25) is 9.78 Å². The molecule has 0 aliphatic rings. The Balaban J connectivity index is 2.35. The first kappa shape index (κ1) is 14.4. The second-order valence-electron chi connectivity index (χ2n) is 3.82. The first-order valence-corrected chi connectivity index (χ1v) is 7.59. The van der Waals surface area contributed by atoms with Crippen molar-refractivity contribution in [2.75, 3.05) is 11.6 Å². The average Bonchev–Trinajstić information content (AvgIpc) is 2.39. The second kappa shape index (κ2) is 5.51. The highest BCUT2D eigenvalue weighted by Crippen LogP contribution is 2.16. The summed E-state index contributed by atoms with van der Waals surface area (Å²) in [7, 11) is -3.62. The van der Waals surface area contributed by atoms with Crippen LogP contribution in [-0.4, -0.2) is 35.5 Å². The van der Waals surface area contributed by atoms with Crippen molar-refractivity contribution in [3.8, 4) is 0 Å². The fourth-order valence-corrected chi connectivity index (χ4v) is 1.99. The number of aromatic nitrogens is 3. The average molecular weight is 313 g/mol. The summed E-state index contributed by atoms with van der Waals surface area (Å²) < 4.78 is 22.7. The lowest BCUT2D eigenvalue weighted by Crippen LogP contribution is -2.17. The maximum Gasteiger partial charge on any atom is 0.276 e. The molecule has 20 heavy (non-hydrogen) atoms. The number of hydrogen-bond acceptors (Lipinski definition) is 6. The number of carbonyl (C=O) groups is 1. The summed E-state index contributed by atoms with van der Waals surface area (Å²) in [6, 6.07) is 3.26. The van der Waals surface area contributed by atoms with Crippen LogP contribution in [0.25, 0.3) is 0 Å². The molecule has 0 bridgehead atoms. The number of nitrogens with one attached hydrogen (secondary N) is 1. The van der Waals surface area contributed by atoms with E-state index >= 15 is 0 Å². The molecule has 2 rings (SSSR count). The third-order valence-corrected chi connectivity index (χ3v) is 3.32. The van der Waals surface area contributed by atoms with Crippen LogP contribution >= 0.6 is 11.6 Å². The van der Waals surface area contributed by atoms with Crippen LogP contribution in [0.3, 0.4) is 0 Å². The van der Waals surface area contributed by atoms with E-state index in [0.29, 0.717) is 5.69 Å². The fraction of sp³-hybridized carbons (Fsp3) is 0.0909. The summed E-state index contributed by atoms with van der Waals surface area (Å²) >= 11 is 5.81. The van der Waals surface area contributed by atoms with Gasteiger partial charge in [-0.2, -0.15) is 0 Å². The van der Waals surface area contributed by atoms with Crippen molar-refractivity contribution in [3.05, 3.63) is 41.4 Å². The Morgan fingerprint density at radius 3 is 2.70 bits per heavy atom. The van der Waals surface area contributed by atoms with Crippen LogP contribution in [0.5, 0.6) is 0 Å². The molecule has 2 aromatic rings. The maximum atomic E-state index is 12.0. The van der Waals surface area contributed by atoms with Gasteiger partial charge in [-0.15, -0.1) is 0 Å². The molecule has 0 atom stereocenters. The Bertz CT molecular complexity index is 750. The summed E-state index contributed by atoms with van der Waals surface area (Å²) in [4.78, 5) is 23.1. The highest BCUT2D eigenvalue weighted by Gasteiger charge is 2.18. The van der Waals surface area contributed by atoms with Gasteiger partial charge in [0.25, 0.3) is 5.91 Å². The second-order valence-corrected chi connectivity index (χ2v) is 6.13. The third-order valence-electron chi connectivity index (χ3n) is 2.19. The van der Waals surface area contributed by atoms with Gasteiger partial charge in [-0.25, -0.2) is 18.4 Å². The topological polar surface area (TPSA) is 102 Å². The summed E-state index contributed by atoms with van der Waals surface area (Å²) in [6.45, 7) is 0. The summed E-state index contributed by atoms with van der Waals surface area (Å²) in [5, 5.41) is 2.00. The predicted molar refractivity (Wildman–Crippen MR) is 72.3 cm³/mol. The fourth-order valence-electron chi connectivity index (χ4n) is 1.32. The summed E-state index contributed by atoms with van der Waals surface area (Å²) in [6.07, 6.45) is 5.00. The zero-order chi connectivity index (χ0) is 14.8. The molecule has 0 saturated carbocycles. The molecular weight excluding hydrogens is 304 g/mol. The highest BCUT2D eigenvalue weighted by molar-refractivity contribution is 7.90. The molecule has 0 aromatic carbocycles. The minimum absolute atomic E-state index is 0.0428. The van der Waals surface area contributed by atoms with Crippen LogP contribution in [-0.2, 0) is 9.84 Å². The van der Waals surface area contributed by atoms with Gasteiger partial charge in [0.15, 0.2) is 5.69 Å². The van der Waals surface area contributed by atoms with Gasteiger partial charge in [0.2, 0.25) is 15.0 Å². The normalized spacial score (nSPS) is 11.1. The lowest BCUT2D eigenvalue weighted by Gasteiger charge is -2.06. The molecule has 2 aromatic heterocycles. The quantitative estimate of drug-likeness (QED) is 0.854. The van der Waals surface area contributed by atoms with Crippen molar-refractivity contribution in [1.82, 2.24) is 15.0 Å². The lowest BCUT2D eigenvalue weighted by molar-refractivity contribution is 0.102. The smallest absolute Gasteiger partial charge is 0.276 e. The van der Waals surface area contributed by atoms with Gasteiger partial charge in [0.1, 0.15) is 0 Å². The monoisotopic (exact) mass is 312 g/mol. The highest BCUT2D eigenvalue weighted by atomic mass is 35.5.